The van der Waals surface area contributed by atoms with Crippen LogP contribution in [0, 0.1) is 6.92 Å². The highest BCUT2D eigenvalue weighted by molar-refractivity contribution is 6.74. The number of nitrogens with one attached hydrogen (secondary N) is 1. The van der Waals surface area contributed by atoms with Gasteiger partial charge in [-0.25, -0.2) is 4.79 Å². The van der Waals surface area contributed by atoms with E-state index in [4.69, 9.17) is 23.4 Å². The van der Waals surface area contributed by atoms with E-state index in [1.54, 1.807) is 27.2 Å². The van der Waals surface area contributed by atoms with Crippen LogP contribution < -0.4 is 20.7 Å². The van der Waals surface area contributed by atoms with Crippen molar-refractivity contribution in [1.29, 1.82) is 0 Å². The Hall–Kier alpha value is -4.26. The summed E-state index contributed by atoms with van der Waals surface area (Å²) in [4.78, 5) is 28.0. The van der Waals surface area contributed by atoms with E-state index in [0.717, 1.165) is 16.7 Å². The fourth-order valence-corrected chi connectivity index (χ4v) is 7.76. The first kappa shape index (κ1) is 38.0. The Morgan fingerprint density at radius 3 is 1.94 bits per heavy atom. The van der Waals surface area contributed by atoms with E-state index in [0.29, 0.717) is 17.1 Å². The van der Waals surface area contributed by atoms with Crippen molar-refractivity contribution < 1.29 is 28.5 Å². The molecular weight excluding hydrogens is 665 g/mol. The van der Waals surface area contributed by atoms with Gasteiger partial charge in [-0.2, -0.15) is 0 Å². The summed E-state index contributed by atoms with van der Waals surface area (Å²) in [6, 6.07) is 25.3. The summed E-state index contributed by atoms with van der Waals surface area (Å²) in [7, 11) is 0.657. The molecule has 10 nitrogen and oxygen atoms in total. The van der Waals surface area contributed by atoms with Gasteiger partial charge in [0.15, 0.2) is 14.5 Å². The van der Waals surface area contributed by atoms with Crippen LogP contribution in [-0.2, 0) is 19.5 Å². The minimum absolute atomic E-state index is 0.0405. The molecule has 0 spiro atoms. The largest absolute Gasteiger partial charge is 0.497 e. The SMILES string of the molecule is C=CC[C@@]1(O)[C@H](O[Si](C)(C)C(C)(C)C)[C@@H](COC(c2ccccc2)(c2ccc(OC)cc2)c2ccc(OC)cc2)O[C@H]1n1cc(C)c(=O)[nH]c1=O. The van der Waals surface area contributed by atoms with Crippen molar-refractivity contribution in [3.63, 3.8) is 0 Å². The molecule has 4 atom stereocenters. The molecule has 0 bridgehead atoms. The zero-order valence-corrected chi connectivity index (χ0v) is 31.8. The van der Waals surface area contributed by atoms with Gasteiger partial charge in [0.05, 0.1) is 20.8 Å². The van der Waals surface area contributed by atoms with Crippen LogP contribution in [0.2, 0.25) is 18.1 Å². The lowest BCUT2D eigenvalue weighted by Crippen LogP contribution is -2.56. The van der Waals surface area contributed by atoms with Crippen molar-refractivity contribution in [2.75, 3.05) is 20.8 Å². The summed E-state index contributed by atoms with van der Waals surface area (Å²) >= 11 is 0. The van der Waals surface area contributed by atoms with Gasteiger partial charge in [0.1, 0.15) is 34.9 Å². The van der Waals surface area contributed by atoms with Gasteiger partial charge in [0.2, 0.25) is 0 Å². The van der Waals surface area contributed by atoms with Crippen molar-refractivity contribution in [3.8, 4) is 11.5 Å². The maximum absolute atomic E-state index is 13.3. The first-order chi connectivity index (χ1) is 24.1. The Kier molecular flexibility index (Phi) is 11.0. The van der Waals surface area contributed by atoms with Crippen LogP contribution in [0.1, 0.15) is 55.7 Å². The molecule has 1 aliphatic rings. The van der Waals surface area contributed by atoms with Gasteiger partial charge in [0, 0.05) is 18.2 Å². The fraction of sp³-hybridized carbons (Fsp3) is 0.400. The molecule has 0 radical (unpaired) electrons. The van der Waals surface area contributed by atoms with Gasteiger partial charge in [-0.15, -0.1) is 6.58 Å². The van der Waals surface area contributed by atoms with Crippen LogP contribution >= 0.6 is 0 Å². The predicted octanol–water partition coefficient (Wildman–Crippen LogP) is 6.47. The Labute approximate surface area is 300 Å². The Bertz CT molecular complexity index is 1870. The number of ether oxygens (including phenoxy) is 4. The Morgan fingerprint density at radius 1 is 0.922 bits per heavy atom. The number of hydrogen-bond donors (Lipinski definition) is 2. The molecule has 0 amide bonds. The molecule has 1 aliphatic heterocycles. The third-order valence-electron chi connectivity index (χ3n) is 10.3. The molecule has 4 aromatic rings. The lowest BCUT2D eigenvalue weighted by atomic mass is 9.80. The summed E-state index contributed by atoms with van der Waals surface area (Å²) in [5.74, 6) is 1.38. The summed E-state index contributed by atoms with van der Waals surface area (Å²) in [5, 5.41) is 12.5. The number of rotatable bonds is 13. The molecule has 5 rings (SSSR count). The summed E-state index contributed by atoms with van der Waals surface area (Å²) in [6.45, 7) is 16.0. The normalized spacial score (nSPS) is 21.0. The zero-order valence-electron chi connectivity index (χ0n) is 30.8. The molecule has 1 aromatic heterocycles. The van der Waals surface area contributed by atoms with Crippen LogP contribution in [0.25, 0.3) is 0 Å². The quantitative estimate of drug-likeness (QED) is 0.0920. The monoisotopic (exact) mass is 714 g/mol. The second-order valence-electron chi connectivity index (χ2n) is 14.6. The number of aryl methyl sites for hydroxylation is 1. The lowest BCUT2D eigenvalue weighted by Gasteiger charge is -2.43. The number of H-pyrrole nitrogens is 1. The second kappa shape index (κ2) is 14.8. The second-order valence-corrected chi connectivity index (χ2v) is 19.4. The average molecular weight is 715 g/mol. The van der Waals surface area contributed by atoms with Crippen molar-refractivity contribution >= 4 is 8.32 Å². The summed E-state index contributed by atoms with van der Waals surface area (Å²) in [5.41, 5.74) is -1.36. The molecule has 0 aliphatic carbocycles. The van der Waals surface area contributed by atoms with Gasteiger partial charge < -0.3 is 28.5 Å². The van der Waals surface area contributed by atoms with Gasteiger partial charge >= 0.3 is 5.69 Å². The Morgan fingerprint density at radius 2 is 1.45 bits per heavy atom. The minimum Gasteiger partial charge on any atom is -0.497 e. The van der Waals surface area contributed by atoms with Crippen LogP contribution in [0.4, 0.5) is 0 Å². The highest BCUT2D eigenvalue weighted by Gasteiger charge is 2.60. The maximum Gasteiger partial charge on any atom is 0.330 e. The number of aliphatic hydroxyl groups is 1. The van der Waals surface area contributed by atoms with Gasteiger partial charge in [-0.3, -0.25) is 14.3 Å². The summed E-state index contributed by atoms with van der Waals surface area (Å²) < 4.78 is 33.2. The summed E-state index contributed by atoms with van der Waals surface area (Å²) in [6.07, 6.45) is 0.00577. The van der Waals surface area contributed by atoms with E-state index < -0.39 is 49.2 Å². The molecule has 272 valence electrons. The molecule has 0 unspecified atom stereocenters. The molecule has 0 saturated carbocycles. The number of hydrogen-bond acceptors (Lipinski definition) is 8. The van der Waals surface area contributed by atoms with Crippen molar-refractivity contribution in [2.24, 2.45) is 0 Å². The topological polar surface area (TPSA) is 121 Å². The molecule has 2 N–H and O–H groups in total. The third kappa shape index (κ3) is 7.27. The standard InChI is InChI=1S/C40H50N2O8Si/c1-10-24-39(45)34(50-51(8,9)38(3,4)5)33(49-36(39)42-25-27(2)35(43)41-37(42)44)26-48-40(28-14-12-11-13-15-28,29-16-20-31(46-6)21-17-29)30-18-22-32(47-7)23-19-30/h10-23,25,33-34,36,45H,1,24,26H2,2-9H3,(H,41,43,44)/t33-,34-,36-,39-/m1/s1. The predicted molar refractivity (Wildman–Crippen MR) is 200 cm³/mol. The van der Waals surface area contributed by atoms with E-state index in [9.17, 15) is 14.7 Å². The fourth-order valence-electron chi connectivity index (χ4n) is 6.41. The minimum atomic E-state index is -2.58. The molecule has 1 fully saturated rings. The molecular formula is C40H50N2O8Si. The van der Waals surface area contributed by atoms with E-state index in [1.165, 1.54) is 10.8 Å². The molecule has 11 heteroatoms. The van der Waals surface area contributed by atoms with Crippen LogP contribution in [0.15, 0.2) is 107 Å². The van der Waals surface area contributed by atoms with E-state index in [-0.39, 0.29) is 18.1 Å². The van der Waals surface area contributed by atoms with Crippen molar-refractivity contribution in [1.82, 2.24) is 9.55 Å². The van der Waals surface area contributed by atoms with E-state index >= 15 is 0 Å². The molecule has 1 saturated heterocycles. The third-order valence-corrected chi connectivity index (χ3v) is 14.8. The number of methoxy groups -OCH3 is 2. The number of aromatic amines is 1. The highest BCUT2D eigenvalue weighted by Crippen LogP contribution is 2.48. The van der Waals surface area contributed by atoms with Gasteiger partial charge in [-0.05, 0) is 66.0 Å². The number of nitrogens with zero attached hydrogens (tertiary/aromatic N) is 1. The molecule has 51 heavy (non-hydrogen) atoms. The first-order valence-electron chi connectivity index (χ1n) is 17.1. The van der Waals surface area contributed by atoms with Crippen LogP contribution in [0.3, 0.4) is 0 Å². The Balaban J connectivity index is 1.70. The lowest BCUT2D eigenvalue weighted by molar-refractivity contribution is -0.112. The first-order valence-corrected chi connectivity index (χ1v) is 20.0. The van der Waals surface area contributed by atoms with E-state index in [2.05, 4.69) is 45.4 Å². The molecule has 2 heterocycles. The molecule has 3 aromatic carbocycles. The zero-order chi connectivity index (χ0) is 37.2. The van der Waals surface area contributed by atoms with Crippen LogP contribution in [0.5, 0.6) is 11.5 Å². The maximum atomic E-state index is 13.3. The van der Waals surface area contributed by atoms with Gasteiger partial charge in [-0.1, -0.05) is 81.4 Å². The van der Waals surface area contributed by atoms with Crippen molar-refractivity contribution in [2.45, 2.75) is 81.9 Å². The van der Waals surface area contributed by atoms with Crippen LogP contribution in [-0.4, -0.2) is 61.6 Å². The van der Waals surface area contributed by atoms with E-state index in [1.807, 2.05) is 78.9 Å². The van der Waals surface area contributed by atoms with Crippen molar-refractivity contribution in [3.05, 3.63) is 141 Å². The number of benzene rings is 3. The van der Waals surface area contributed by atoms with Gasteiger partial charge in [0.25, 0.3) is 5.56 Å². The highest BCUT2D eigenvalue weighted by atomic mass is 28.4. The number of aromatic nitrogens is 2. The smallest absolute Gasteiger partial charge is 0.330 e. The average Bonchev–Trinajstić information content (AvgIpc) is 3.36.